The molecule has 3 rings (SSSR count). The minimum absolute atomic E-state index is 0.255. The highest BCUT2D eigenvalue weighted by atomic mass is 35.5. The molecule has 28 heavy (non-hydrogen) atoms. The number of para-hydroxylation sites is 1. The Morgan fingerprint density at radius 1 is 1.11 bits per heavy atom. The van der Waals surface area contributed by atoms with Crippen molar-refractivity contribution in [3.8, 4) is 0 Å². The molecule has 3 aromatic rings. The molecule has 0 aliphatic heterocycles. The lowest BCUT2D eigenvalue weighted by Gasteiger charge is -2.19. The number of hydrogen-bond donors (Lipinski definition) is 4. The second-order valence-corrected chi connectivity index (χ2v) is 7.43. The Labute approximate surface area is 176 Å². The molecule has 4 N–H and O–H groups in total. The number of benzene rings is 2. The van der Waals surface area contributed by atoms with Gasteiger partial charge < -0.3 is 10.3 Å². The van der Waals surface area contributed by atoms with Crippen LogP contribution in [0.1, 0.15) is 12.5 Å². The summed E-state index contributed by atoms with van der Waals surface area (Å²) >= 11 is 18.1. The van der Waals surface area contributed by atoms with Gasteiger partial charge in [0.25, 0.3) is 5.91 Å². The number of nitrogens with one attached hydrogen (secondary N) is 4. The molecule has 0 aliphatic carbocycles. The third-order valence-corrected chi connectivity index (χ3v) is 4.92. The Morgan fingerprint density at radius 2 is 1.79 bits per heavy atom. The first-order valence-corrected chi connectivity index (χ1v) is 9.51. The van der Waals surface area contributed by atoms with Gasteiger partial charge in [-0.2, -0.15) is 0 Å². The van der Waals surface area contributed by atoms with Crippen molar-refractivity contribution in [1.82, 2.24) is 15.7 Å². The standard InChI is InChI=1S/C19H17Cl3N4O2/c1-10(27)24-17(6-11-9-23-16-5-3-2-4-13(11)16)19(28)26-25-18-14(21)7-12(20)8-15(18)22/h2-5,7-9,17,23,25H,6H2,1H3,(H,24,27)(H,26,28). The van der Waals surface area contributed by atoms with Crippen molar-refractivity contribution in [2.24, 2.45) is 0 Å². The van der Waals surface area contributed by atoms with Crippen LogP contribution in [0.2, 0.25) is 15.1 Å². The highest BCUT2D eigenvalue weighted by molar-refractivity contribution is 6.41. The number of halogens is 3. The summed E-state index contributed by atoms with van der Waals surface area (Å²) in [6.45, 7) is 1.36. The minimum Gasteiger partial charge on any atom is -0.361 e. The second-order valence-electron chi connectivity index (χ2n) is 6.18. The van der Waals surface area contributed by atoms with E-state index in [1.807, 2.05) is 30.5 Å². The van der Waals surface area contributed by atoms with Gasteiger partial charge in [0.1, 0.15) is 6.04 Å². The van der Waals surface area contributed by atoms with Crippen LogP contribution in [0.15, 0.2) is 42.6 Å². The van der Waals surface area contributed by atoms with Crippen LogP contribution >= 0.6 is 34.8 Å². The first-order valence-electron chi connectivity index (χ1n) is 8.37. The number of H-pyrrole nitrogens is 1. The van der Waals surface area contributed by atoms with E-state index in [0.29, 0.717) is 17.1 Å². The minimum atomic E-state index is -0.797. The lowest BCUT2D eigenvalue weighted by atomic mass is 10.0. The van der Waals surface area contributed by atoms with Gasteiger partial charge in [0.2, 0.25) is 5.91 Å². The zero-order chi connectivity index (χ0) is 20.3. The van der Waals surface area contributed by atoms with Crippen LogP contribution in [0.3, 0.4) is 0 Å². The van der Waals surface area contributed by atoms with E-state index in [2.05, 4.69) is 21.2 Å². The Balaban J connectivity index is 1.76. The lowest BCUT2D eigenvalue weighted by molar-refractivity contribution is -0.127. The maximum absolute atomic E-state index is 12.7. The Bertz CT molecular complexity index is 1010. The Hall–Kier alpha value is -2.41. The number of hydrogen-bond acceptors (Lipinski definition) is 3. The van der Waals surface area contributed by atoms with Crippen molar-refractivity contribution in [2.75, 3.05) is 5.43 Å². The molecule has 1 aromatic heterocycles. The summed E-state index contributed by atoms with van der Waals surface area (Å²) in [5, 5.41) is 4.54. The Morgan fingerprint density at radius 3 is 2.46 bits per heavy atom. The SMILES string of the molecule is CC(=O)NC(Cc1c[nH]c2ccccc12)C(=O)NNc1c(Cl)cc(Cl)cc1Cl. The molecule has 0 bridgehead atoms. The number of aromatic amines is 1. The molecular formula is C19H17Cl3N4O2. The summed E-state index contributed by atoms with van der Waals surface area (Å²) in [6.07, 6.45) is 2.13. The summed E-state index contributed by atoms with van der Waals surface area (Å²) in [6, 6.07) is 9.94. The number of amides is 2. The van der Waals surface area contributed by atoms with Crippen LogP contribution in [0.5, 0.6) is 0 Å². The fourth-order valence-corrected chi connectivity index (χ4v) is 3.76. The molecule has 0 radical (unpaired) electrons. The van der Waals surface area contributed by atoms with Crippen molar-refractivity contribution < 1.29 is 9.59 Å². The van der Waals surface area contributed by atoms with Gasteiger partial charge in [0, 0.05) is 35.5 Å². The van der Waals surface area contributed by atoms with Crippen LogP contribution in [-0.4, -0.2) is 22.8 Å². The first-order chi connectivity index (χ1) is 13.3. The smallest absolute Gasteiger partial charge is 0.261 e. The van der Waals surface area contributed by atoms with Crippen molar-refractivity contribution in [3.63, 3.8) is 0 Å². The summed E-state index contributed by atoms with van der Waals surface area (Å²) in [5.41, 5.74) is 7.42. The number of anilines is 1. The maximum Gasteiger partial charge on any atom is 0.261 e. The molecule has 0 spiro atoms. The van der Waals surface area contributed by atoms with Crippen LogP contribution in [0, 0.1) is 0 Å². The highest BCUT2D eigenvalue weighted by Gasteiger charge is 2.22. The third kappa shape index (κ3) is 4.70. The third-order valence-electron chi connectivity index (χ3n) is 4.11. The zero-order valence-corrected chi connectivity index (χ0v) is 17.0. The number of rotatable bonds is 6. The molecule has 0 saturated heterocycles. The van der Waals surface area contributed by atoms with Crippen LogP contribution < -0.4 is 16.2 Å². The zero-order valence-electron chi connectivity index (χ0n) is 14.8. The molecule has 1 heterocycles. The first kappa shape index (κ1) is 20.3. The van der Waals surface area contributed by atoms with Gasteiger partial charge in [-0.3, -0.25) is 20.4 Å². The van der Waals surface area contributed by atoms with Crippen LogP contribution in [0.25, 0.3) is 10.9 Å². The normalized spacial score (nSPS) is 11.9. The highest BCUT2D eigenvalue weighted by Crippen LogP contribution is 2.33. The summed E-state index contributed by atoms with van der Waals surface area (Å²) in [4.78, 5) is 27.4. The quantitative estimate of drug-likeness (QED) is 0.432. The van der Waals surface area contributed by atoms with Gasteiger partial charge in [-0.1, -0.05) is 53.0 Å². The van der Waals surface area contributed by atoms with Crippen LogP contribution in [-0.2, 0) is 16.0 Å². The largest absolute Gasteiger partial charge is 0.361 e. The average Bonchev–Trinajstić information content (AvgIpc) is 3.03. The van der Waals surface area contributed by atoms with Gasteiger partial charge in [-0.15, -0.1) is 0 Å². The molecular weight excluding hydrogens is 423 g/mol. The van der Waals surface area contributed by atoms with Crippen molar-refractivity contribution >= 4 is 63.2 Å². The van der Waals surface area contributed by atoms with E-state index < -0.39 is 11.9 Å². The fraction of sp³-hybridized carbons (Fsp3) is 0.158. The number of carbonyl (C=O) groups is 2. The number of hydrazine groups is 1. The number of aromatic nitrogens is 1. The molecule has 0 saturated carbocycles. The number of fused-ring (bicyclic) bond motifs is 1. The number of carbonyl (C=O) groups excluding carboxylic acids is 2. The molecule has 1 unspecified atom stereocenters. The van der Waals surface area contributed by atoms with E-state index in [1.54, 1.807) is 0 Å². The summed E-state index contributed by atoms with van der Waals surface area (Å²) < 4.78 is 0. The van der Waals surface area contributed by atoms with Crippen LogP contribution in [0.4, 0.5) is 5.69 Å². The van der Waals surface area contributed by atoms with E-state index in [1.165, 1.54) is 19.1 Å². The molecule has 1 atom stereocenters. The maximum atomic E-state index is 12.7. The van der Waals surface area contributed by atoms with Crippen molar-refractivity contribution in [1.29, 1.82) is 0 Å². The summed E-state index contributed by atoms with van der Waals surface area (Å²) in [7, 11) is 0. The van der Waals surface area contributed by atoms with E-state index in [-0.39, 0.29) is 16.0 Å². The van der Waals surface area contributed by atoms with Gasteiger partial charge in [0.15, 0.2) is 0 Å². The lowest BCUT2D eigenvalue weighted by Crippen LogP contribution is -2.49. The Kier molecular flexibility index (Phi) is 6.34. The van der Waals surface area contributed by atoms with Gasteiger partial charge in [-0.25, -0.2) is 0 Å². The predicted octanol–water partition coefficient (Wildman–Crippen LogP) is 4.32. The van der Waals surface area contributed by atoms with Crippen molar-refractivity contribution in [2.45, 2.75) is 19.4 Å². The summed E-state index contributed by atoms with van der Waals surface area (Å²) in [5.74, 6) is -0.759. The molecule has 2 amide bonds. The van der Waals surface area contributed by atoms with Gasteiger partial charge >= 0.3 is 0 Å². The van der Waals surface area contributed by atoms with E-state index in [9.17, 15) is 9.59 Å². The predicted molar refractivity (Wildman–Crippen MR) is 113 cm³/mol. The average molecular weight is 440 g/mol. The van der Waals surface area contributed by atoms with Gasteiger partial charge in [-0.05, 0) is 23.8 Å². The molecule has 0 fully saturated rings. The molecule has 146 valence electrons. The molecule has 2 aromatic carbocycles. The van der Waals surface area contributed by atoms with E-state index >= 15 is 0 Å². The van der Waals surface area contributed by atoms with Gasteiger partial charge in [0.05, 0.1) is 15.7 Å². The second kappa shape index (κ2) is 8.73. The monoisotopic (exact) mass is 438 g/mol. The van der Waals surface area contributed by atoms with E-state index in [0.717, 1.165) is 16.5 Å². The van der Waals surface area contributed by atoms with Crippen molar-refractivity contribution in [3.05, 3.63) is 63.2 Å². The molecule has 9 heteroatoms. The topological polar surface area (TPSA) is 86.0 Å². The van der Waals surface area contributed by atoms with E-state index in [4.69, 9.17) is 34.8 Å². The molecule has 0 aliphatic rings. The molecule has 6 nitrogen and oxygen atoms in total. The fourth-order valence-electron chi connectivity index (χ4n) is 2.85.